The van der Waals surface area contributed by atoms with Crippen molar-refractivity contribution in [1.29, 1.82) is 0 Å². The molecule has 14 heavy (non-hydrogen) atoms. The van der Waals surface area contributed by atoms with Gasteiger partial charge in [-0.2, -0.15) is 0 Å². The summed E-state index contributed by atoms with van der Waals surface area (Å²) >= 11 is 0. The third kappa shape index (κ3) is 2.20. The Bertz CT molecular complexity index is 357. The summed E-state index contributed by atoms with van der Waals surface area (Å²) in [6, 6.07) is 9.92. The molecule has 1 N–H and O–H groups in total. The zero-order chi connectivity index (χ0) is 9.80. The van der Waals surface area contributed by atoms with Crippen molar-refractivity contribution in [2.75, 3.05) is 0 Å². The molecule has 1 unspecified atom stereocenters. The van der Waals surface area contributed by atoms with Gasteiger partial charge >= 0.3 is 0 Å². The van der Waals surface area contributed by atoms with Gasteiger partial charge in [0.15, 0.2) is 0 Å². The van der Waals surface area contributed by atoms with Crippen LogP contribution >= 0.6 is 0 Å². The molecular formula is C11H11NO2. The van der Waals surface area contributed by atoms with Crippen LogP contribution in [0.1, 0.15) is 12.0 Å². The lowest BCUT2D eigenvalue weighted by Crippen LogP contribution is -2.03. The number of allylic oxidation sites excluding steroid dienone is 1. The van der Waals surface area contributed by atoms with Gasteiger partial charge < -0.3 is 9.94 Å². The first kappa shape index (κ1) is 8.97. The lowest BCUT2D eigenvalue weighted by Gasteiger charge is -1.93. The molecule has 3 nitrogen and oxygen atoms in total. The first-order valence-electron chi connectivity index (χ1n) is 4.48. The molecule has 0 amide bonds. The fraction of sp³-hybridized carbons (Fsp3) is 0.182. The molecule has 0 spiro atoms. The molecule has 3 heteroatoms. The van der Waals surface area contributed by atoms with E-state index in [4.69, 9.17) is 5.11 Å². The van der Waals surface area contributed by atoms with Crippen LogP contribution in [0.2, 0.25) is 0 Å². The van der Waals surface area contributed by atoms with Gasteiger partial charge in [-0.05, 0) is 11.6 Å². The summed E-state index contributed by atoms with van der Waals surface area (Å²) in [5.41, 5.74) is 1.87. The van der Waals surface area contributed by atoms with Gasteiger partial charge in [0.05, 0.1) is 12.1 Å². The summed E-state index contributed by atoms with van der Waals surface area (Å²) < 4.78 is 0. The summed E-state index contributed by atoms with van der Waals surface area (Å²) in [5.74, 6) is 0. The standard InChI is InChI=1S/C11H11NO2/c13-11-8-10(12-14-11)7-6-9-4-2-1-3-5-9/h1-7,11,13H,8H2. The van der Waals surface area contributed by atoms with Crippen LogP contribution in [0.3, 0.4) is 0 Å². The highest BCUT2D eigenvalue weighted by Crippen LogP contribution is 2.10. The molecule has 1 aromatic carbocycles. The van der Waals surface area contributed by atoms with Crippen molar-refractivity contribution in [2.45, 2.75) is 12.7 Å². The number of aliphatic hydroxyl groups is 1. The molecule has 72 valence electrons. The molecule has 0 radical (unpaired) electrons. The zero-order valence-corrected chi connectivity index (χ0v) is 7.63. The number of oxime groups is 1. The highest BCUT2D eigenvalue weighted by atomic mass is 16.7. The third-order valence-electron chi connectivity index (χ3n) is 1.94. The van der Waals surface area contributed by atoms with Crippen molar-refractivity contribution in [3.05, 3.63) is 42.0 Å². The van der Waals surface area contributed by atoms with Gasteiger partial charge in [-0.25, -0.2) is 0 Å². The maximum atomic E-state index is 9.03. The summed E-state index contributed by atoms with van der Waals surface area (Å²) in [6.45, 7) is 0. The molecule has 0 saturated carbocycles. The second-order valence-electron chi connectivity index (χ2n) is 3.09. The molecule has 1 heterocycles. The normalized spacial score (nSPS) is 20.9. The Morgan fingerprint density at radius 1 is 1.29 bits per heavy atom. The maximum Gasteiger partial charge on any atom is 0.230 e. The van der Waals surface area contributed by atoms with Crippen molar-refractivity contribution in [3.8, 4) is 0 Å². The van der Waals surface area contributed by atoms with E-state index in [-0.39, 0.29) is 0 Å². The van der Waals surface area contributed by atoms with Crippen LogP contribution in [-0.2, 0) is 4.84 Å². The Kier molecular flexibility index (Phi) is 2.60. The molecular weight excluding hydrogens is 178 g/mol. The summed E-state index contributed by atoms with van der Waals surface area (Å²) in [7, 11) is 0. The highest BCUT2D eigenvalue weighted by Gasteiger charge is 2.14. The molecule has 0 bridgehead atoms. The number of rotatable bonds is 2. The number of hydrogen-bond donors (Lipinski definition) is 1. The quantitative estimate of drug-likeness (QED) is 0.770. The first-order chi connectivity index (χ1) is 6.84. The molecule has 0 aromatic heterocycles. The van der Waals surface area contributed by atoms with Gasteiger partial charge in [-0.15, -0.1) is 0 Å². The van der Waals surface area contributed by atoms with Crippen LogP contribution in [0.4, 0.5) is 0 Å². The fourth-order valence-corrected chi connectivity index (χ4v) is 1.24. The van der Waals surface area contributed by atoms with E-state index in [1.807, 2.05) is 42.5 Å². The Balaban J connectivity index is 2.01. The minimum absolute atomic E-state index is 0.462. The minimum atomic E-state index is -0.773. The van der Waals surface area contributed by atoms with Gasteiger partial charge in [-0.1, -0.05) is 41.6 Å². The van der Waals surface area contributed by atoms with Crippen molar-refractivity contribution in [3.63, 3.8) is 0 Å². The summed E-state index contributed by atoms with van der Waals surface area (Å²) in [6.07, 6.45) is 3.49. The smallest absolute Gasteiger partial charge is 0.230 e. The number of aliphatic hydroxyl groups excluding tert-OH is 1. The SMILES string of the molecule is OC1CC(C=Cc2ccccc2)=NO1. The lowest BCUT2D eigenvalue weighted by atomic mass is 10.2. The Hall–Kier alpha value is -1.61. The summed E-state index contributed by atoms with van der Waals surface area (Å²) in [4.78, 5) is 4.65. The van der Waals surface area contributed by atoms with Crippen molar-refractivity contribution in [1.82, 2.24) is 0 Å². The predicted molar refractivity (Wildman–Crippen MR) is 54.6 cm³/mol. The van der Waals surface area contributed by atoms with Crippen LogP contribution in [0, 0.1) is 0 Å². The lowest BCUT2D eigenvalue weighted by molar-refractivity contribution is -0.0762. The Morgan fingerprint density at radius 3 is 2.71 bits per heavy atom. The molecule has 1 aromatic rings. The molecule has 0 saturated heterocycles. The molecule has 0 aliphatic carbocycles. The highest BCUT2D eigenvalue weighted by molar-refractivity contribution is 5.98. The number of hydrogen-bond acceptors (Lipinski definition) is 3. The van der Waals surface area contributed by atoms with Crippen molar-refractivity contribution in [2.24, 2.45) is 5.16 Å². The van der Waals surface area contributed by atoms with E-state index in [2.05, 4.69) is 9.99 Å². The number of nitrogens with zero attached hydrogens (tertiary/aromatic N) is 1. The van der Waals surface area contributed by atoms with Crippen LogP contribution < -0.4 is 0 Å². The van der Waals surface area contributed by atoms with Crippen LogP contribution in [0.5, 0.6) is 0 Å². The predicted octanol–water partition coefficient (Wildman–Crippen LogP) is 1.79. The molecule has 1 aliphatic heterocycles. The van der Waals surface area contributed by atoms with Crippen molar-refractivity contribution < 1.29 is 9.94 Å². The van der Waals surface area contributed by atoms with E-state index in [1.54, 1.807) is 0 Å². The van der Waals surface area contributed by atoms with E-state index in [9.17, 15) is 0 Å². The van der Waals surface area contributed by atoms with Gasteiger partial charge in [0.25, 0.3) is 0 Å². The van der Waals surface area contributed by atoms with E-state index in [1.165, 1.54) is 0 Å². The van der Waals surface area contributed by atoms with E-state index < -0.39 is 6.29 Å². The van der Waals surface area contributed by atoms with Gasteiger partial charge in [0, 0.05) is 0 Å². The maximum absolute atomic E-state index is 9.03. The van der Waals surface area contributed by atoms with Crippen molar-refractivity contribution >= 4 is 11.8 Å². The van der Waals surface area contributed by atoms with Gasteiger partial charge in [-0.3, -0.25) is 0 Å². The van der Waals surface area contributed by atoms with E-state index >= 15 is 0 Å². The zero-order valence-electron chi connectivity index (χ0n) is 7.63. The van der Waals surface area contributed by atoms with Crippen LogP contribution in [0.25, 0.3) is 6.08 Å². The van der Waals surface area contributed by atoms with Crippen LogP contribution in [-0.4, -0.2) is 17.1 Å². The number of benzene rings is 1. The van der Waals surface area contributed by atoms with Crippen LogP contribution in [0.15, 0.2) is 41.6 Å². The minimum Gasteiger partial charge on any atom is -0.363 e. The fourth-order valence-electron chi connectivity index (χ4n) is 1.24. The molecule has 1 atom stereocenters. The summed E-state index contributed by atoms with van der Waals surface area (Å²) in [5, 5.41) is 12.7. The molecule has 0 fully saturated rings. The van der Waals surface area contributed by atoms with E-state index in [0.29, 0.717) is 6.42 Å². The van der Waals surface area contributed by atoms with Gasteiger partial charge in [0.2, 0.25) is 6.29 Å². The first-order valence-corrected chi connectivity index (χ1v) is 4.48. The molecule has 1 aliphatic rings. The average molecular weight is 189 g/mol. The third-order valence-corrected chi connectivity index (χ3v) is 1.94. The monoisotopic (exact) mass is 189 g/mol. The van der Waals surface area contributed by atoms with E-state index in [0.717, 1.165) is 11.3 Å². The largest absolute Gasteiger partial charge is 0.363 e. The topological polar surface area (TPSA) is 41.8 Å². The second-order valence-corrected chi connectivity index (χ2v) is 3.09. The van der Waals surface area contributed by atoms with Gasteiger partial charge in [0.1, 0.15) is 0 Å². The Morgan fingerprint density at radius 2 is 2.07 bits per heavy atom. The average Bonchev–Trinajstić information content (AvgIpc) is 2.63. The Labute approximate surface area is 82.3 Å². The second kappa shape index (κ2) is 4.07. The molecule has 2 rings (SSSR count).